The number of methoxy groups -OCH3 is 1. The van der Waals surface area contributed by atoms with Crippen LogP contribution in [0.15, 0.2) is 28.7 Å². The SMILES string of the molecule is COCCNCC(=O)N1CCOC(c2ccc(Br)cc2)C1. The largest absolute Gasteiger partial charge is 0.383 e. The molecule has 1 aliphatic rings. The van der Waals surface area contributed by atoms with Crippen molar-refractivity contribution in [3.63, 3.8) is 0 Å². The fourth-order valence-corrected chi connectivity index (χ4v) is 2.50. The lowest BCUT2D eigenvalue weighted by molar-refractivity contribution is -0.138. The number of morpholine rings is 1. The molecule has 21 heavy (non-hydrogen) atoms. The molecule has 0 saturated carbocycles. The maximum atomic E-state index is 12.2. The van der Waals surface area contributed by atoms with Gasteiger partial charge in [-0.3, -0.25) is 4.79 Å². The first kappa shape index (κ1) is 16.4. The Labute approximate surface area is 133 Å². The van der Waals surface area contributed by atoms with Crippen molar-refractivity contribution in [3.8, 4) is 0 Å². The Morgan fingerprint density at radius 1 is 1.48 bits per heavy atom. The van der Waals surface area contributed by atoms with Crippen LogP contribution in [0.5, 0.6) is 0 Å². The zero-order valence-electron chi connectivity index (χ0n) is 12.2. The van der Waals surface area contributed by atoms with Gasteiger partial charge in [0.25, 0.3) is 0 Å². The van der Waals surface area contributed by atoms with Gasteiger partial charge in [-0.25, -0.2) is 0 Å². The molecule has 0 bridgehead atoms. The van der Waals surface area contributed by atoms with E-state index in [2.05, 4.69) is 21.2 Å². The number of benzene rings is 1. The van der Waals surface area contributed by atoms with Gasteiger partial charge in [-0.1, -0.05) is 28.1 Å². The van der Waals surface area contributed by atoms with Crippen molar-refractivity contribution in [2.24, 2.45) is 0 Å². The molecule has 1 aliphatic heterocycles. The maximum absolute atomic E-state index is 12.2. The highest BCUT2D eigenvalue weighted by Gasteiger charge is 2.24. The Hall–Kier alpha value is -0.950. The quantitative estimate of drug-likeness (QED) is 0.786. The summed E-state index contributed by atoms with van der Waals surface area (Å²) >= 11 is 3.42. The number of nitrogens with zero attached hydrogens (tertiary/aromatic N) is 1. The third kappa shape index (κ3) is 5.07. The highest BCUT2D eigenvalue weighted by Crippen LogP contribution is 2.23. The van der Waals surface area contributed by atoms with Gasteiger partial charge >= 0.3 is 0 Å². The van der Waals surface area contributed by atoms with Crippen molar-refractivity contribution in [1.82, 2.24) is 10.2 Å². The summed E-state index contributed by atoms with van der Waals surface area (Å²) < 4.78 is 11.8. The standard InChI is InChI=1S/C15H21BrN2O3/c1-20-8-6-17-10-15(19)18-7-9-21-14(11-18)12-2-4-13(16)5-3-12/h2-5,14,17H,6-11H2,1H3. The second kappa shape index (κ2) is 8.48. The molecule has 1 aromatic carbocycles. The zero-order valence-corrected chi connectivity index (χ0v) is 13.8. The summed E-state index contributed by atoms with van der Waals surface area (Å²) in [5, 5.41) is 3.08. The third-order valence-electron chi connectivity index (χ3n) is 3.42. The summed E-state index contributed by atoms with van der Waals surface area (Å²) in [5.41, 5.74) is 1.10. The molecule has 1 unspecified atom stereocenters. The molecule has 0 aliphatic carbocycles. The van der Waals surface area contributed by atoms with Crippen molar-refractivity contribution < 1.29 is 14.3 Å². The van der Waals surface area contributed by atoms with Crippen LogP contribution < -0.4 is 5.32 Å². The number of nitrogens with one attached hydrogen (secondary N) is 1. The average molecular weight is 357 g/mol. The highest BCUT2D eigenvalue weighted by atomic mass is 79.9. The number of halogens is 1. The summed E-state index contributed by atoms with van der Waals surface area (Å²) in [7, 11) is 1.65. The molecule has 1 N–H and O–H groups in total. The molecule has 1 aromatic rings. The van der Waals surface area contributed by atoms with Crippen LogP contribution in [-0.4, -0.2) is 57.3 Å². The van der Waals surface area contributed by atoms with Gasteiger partial charge < -0.3 is 19.7 Å². The average Bonchev–Trinajstić information content (AvgIpc) is 2.52. The minimum atomic E-state index is -0.0465. The van der Waals surface area contributed by atoms with Crippen LogP contribution in [0.25, 0.3) is 0 Å². The molecule has 116 valence electrons. The minimum absolute atomic E-state index is 0.0465. The third-order valence-corrected chi connectivity index (χ3v) is 3.95. The van der Waals surface area contributed by atoms with E-state index in [1.807, 2.05) is 29.2 Å². The van der Waals surface area contributed by atoms with E-state index in [1.165, 1.54) is 0 Å². The second-order valence-corrected chi connectivity index (χ2v) is 5.84. The lowest BCUT2D eigenvalue weighted by Gasteiger charge is -2.33. The van der Waals surface area contributed by atoms with Gasteiger partial charge in [0.05, 0.1) is 26.3 Å². The monoisotopic (exact) mass is 356 g/mol. The van der Waals surface area contributed by atoms with E-state index in [9.17, 15) is 4.79 Å². The fourth-order valence-electron chi connectivity index (χ4n) is 2.24. The van der Waals surface area contributed by atoms with Crippen LogP contribution >= 0.6 is 15.9 Å². The predicted octanol–water partition coefficient (Wildman–Crippen LogP) is 1.59. The number of ether oxygens (including phenoxy) is 2. The van der Waals surface area contributed by atoms with Crippen LogP contribution in [0.2, 0.25) is 0 Å². The Morgan fingerprint density at radius 3 is 2.95 bits per heavy atom. The zero-order chi connectivity index (χ0) is 15.1. The van der Waals surface area contributed by atoms with E-state index in [0.29, 0.717) is 39.4 Å². The number of carbonyl (C=O) groups is 1. The van der Waals surface area contributed by atoms with Crippen molar-refractivity contribution in [2.45, 2.75) is 6.10 Å². The Kier molecular flexibility index (Phi) is 6.63. The number of hydrogen-bond acceptors (Lipinski definition) is 4. The van der Waals surface area contributed by atoms with Crippen molar-refractivity contribution in [1.29, 1.82) is 0 Å². The minimum Gasteiger partial charge on any atom is -0.383 e. The molecule has 1 saturated heterocycles. The van der Waals surface area contributed by atoms with E-state index in [-0.39, 0.29) is 12.0 Å². The van der Waals surface area contributed by atoms with E-state index >= 15 is 0 Å². The predicted molar refractivity (Wildman–Crippen MR) is 84.2 cm³/mol. The summed E-state index contributed by atoms with van der Waals surface area (Å²) in [5.74, 6) is 0.108. The van der Waals surface area contributed by atoms with Gasteiger partial charge in [0.2, 0.25) is 5.91 Å². The Morgan fingerprint density at radius 2 is 2.24 bits per heavy atom. The molecule has 0 spiro atoms. The van der Waals surface area contributed by atoms with E-state index in [4.69, 9.17) is 9.47 Å². The molecular weight excluding hydrogens is 336 g/mol. The smallest absolute Gasteiger partial charge is 0.236 e. The van der Waals surface area contributed by atoms with Crippen LogP contribution in [-0.2, 0) is 14.3 Å². The topological polar surface area (TPSA) is 50.8 Å². The molecule has 2 rings (SSSR count). The summed E-state index contributed by atoms with van der Waals surface area (Å²) in [6.45, 7) is 3.46. The molecule has 1 heterocycles. The molecule has 5 nitrogen and oxygen atoms in total. The van der Waals surface area contributed by atoms with Gasteiger partial charge in [0, 0.05) is 24.7 Å². The summed E-state index contributed by atoms with van der Waals surface area (Å²) in [6, 6.07) is 8.04. The molecule has 1 fully saturated rings. The van der Waals surface area contributed by atoms with E-state index in [1.54, 1.807) is 7.11 Å². The molecule has 1 atom stereocenters. The molecule has 0 radical (unpaired) electrons. The van der Waals surface area contributed by atoms with Crippen molar-refractivity contribution >= 4 is 21.8 Å². The Balaban J connectivity index is 1.85. The van der Waals surface area contributed by atoms with Gasteiger partial charge in [-0.05, 0) is 17.7 Å². The molecule has 0 aromatic heterocycles. The highest BCUT2D eigenvalue weighted by molar-refractivity contribution is 9.10. The van der Waals surface area contributed by atoms with E-state index in [0.717, 1.165) is 10.0 Å². The van der Waals surface area contributed by atoms with Gasteiger partial charge in [-0.15, -0.1) is 0 Å². The van der Waals surface area contributed by atoms with Gasteiger partial charge in [-0.2, -0.15) is 0 Å². The first-order valence-corrected chi connectivity index (χ1v) is 7.84. The molecular formula is C15H21BrN2O3. The first-order valence-electron chi connectivity index (χ1n) is 7.05. The Bertz CT molecular complexity index is 453. The van der Waals surface area contributed by atoms with Crippen LogP contribution in [0.1, 0.15) is 11.7 Å². The molecule has 1 amide bonds. The number of carbonyl (C=O) groups excluding carboxylic acids is 1. The maximum Gasteiger partial charge on any atom is 0.236 e. The van der Waals surface area contributed by atoms with Crippen LogP contribution in [0.3, 0.4) is 0 Å². The normalized spacial score (nSPS) is 18.8. The number of hydrogen-bond donors (Lipinski definition) is 1. The van der Waals surface area contributed by atoms with Crippen LogP contribution in [0, 0.1) is 0 Å². The van der Waals surface area contributed by atoms with Gasteiger partial charge in [0.15, 0.2) is 0 Å². The number of amides is 1. The summed E-state index contributed by atoms with van der Waals surface area (Å²) in [6.07, 6.45) is -0.0465. The van der Waals surface area contributed by atoms with Crippen molar-refractivity contribution in [3.05, 3.63) is 34.3 Å². The summed E-state index contributed by atoms with van der Waals surface area (Å²) in [4.78, 5) is 14.0. The lowest BCUT2D eigenvalue weighted by atomic mass is 10.1. The van der Waals surface area contributed by atoms with Gasteiger partial charge in [0.1, 0.15) is 6.10 Å². The second-order valence-electron chi connectivity index (χ2n) is 4.92. The first-order chi connectivity index (χ1) is 10.2. The number of rotatable bonds is 6. The lowest BCUT2D eigenvalue weighted by Crippen LogP contribution is -2.46. The van der Waals surface area contributed by atoms with E-state index < -0.39 is 0 Å². The van der Waals surface area contributed by atoms with Crippen molar-refractivity contribution in [2.75, 3.05) is 46.5 Å². The van der Waals surface area contributed by atoms with Crippen LogP contribution in [0.4, 0.5) is 0 Å². The fraction of sp³-hybridized carbons (Fsp3) is 0.533. The molecule has 6 heteroatoms.